The van der Waals surface area contributed by atoms with Crippen LogP contribution in [-0.4, -0.2) is 24.3 Å². The largest absolute Gasteiger partial charge is 0.490 e. The number of allylic oxidation sites excluding steroid dienone is 1. The van der Waals surface area contributed by atoms with Crippen LogP contribution in [0.25, 0.3) is 6.08 Å². The van der Waals surface area contributed by atoms with Crippen LogP contribution >= 0.6 is 35.0 Å². The van der Waals surface area contributed by atoms with Gasteiger partial charge in [0.15, 0.2) is 16.7 Å². The second kappa shape index (κ2) is 13.4. The Kier molecular flexibility index (Phi) is 10.0. The topological polar surface area (TPSA) is 51.1 Å². The molecule has 0 spiro atoms. The van der Waals surface area contributed by atoms with E-state index in [0.29, 0.717) is 62.6 Å². The summed E-state index contributed by atoms with van der Waals surface area (Å²) >= 11 is 14.1. The minimum Gasteiger partial charge on any atom is -0.490 e. The van der Waals surface area contributed by atoms with Crippen LogP contribution in [0.1, 0.15) is 42.5 Å². The van der Waals surface area contributed by atoms with E-state index in [0.717, 1.165) is 28.7 Å². The zero-order valence-electron chi connectivity index (χ0n) is 23.1. The van der Waals surface area contributed by atoms with Crippen molar-refractivity contribution in [2.24, 2.45) is 4.99 Å². The van der Waals surface area contributed by atoms with Gasteiger partial charge < -0.3 is 9.47 Å². The van der Waals surface area contributed by atoms with Gasteiger partial charge in [-0.25, -0.2) is 4.99 Å². The Hall–Kier alpha value is -3.19. The molecule has 8 heteroatoms. The fourth-order valence-corrected chi connectivity index (χ4v) is 5.47. The highest BCUT2D eigenvalue weighted by Crippen LogP contribution is 2.40. The molecule has 208 valence electrons. The highest BCUT2D eigenvalue weighted by molar-refractivity contribution is 8.19. The zero-order valence-corrected chi connectivity index (χ0v) is 25.4. The second-order valence-corrected chi connectivity index (χ2v) is 11.1. The van der Waals surface area contributed by atoms with Gasteiger partial charge in [-0.05, 0) is 105 Å². The Morgan fingerprint density at radius 3 is 2.38 bits per heavy atom. The normalized spacial score (nSPS) is 15.2. The van der Waals surface area contributed by atoms with Gasteiger partial charge in [0, 0.05) is 15.6 Å². The lowest BCUT2D eigenvalue weighted by molar-refractivity contribution is -0.113. The van der Waals surface area contributed by atoms with E-state index in [1.807, 2.05) is 69.3 Å². The van der Waals surface area contributed by atoms with Crippen molar-refractivity contribution in [3.05, 3.63) is 98.4 Å². The number of nitrogens with zero attached hydrogens (tertiary/aromatic N) is 2. The van der Waals surface area contributed by atoms with Crippen molar-refractivity contribution in [1.82, 2.24) is 0 Å². The minimum absolute atomic E-state index is 0.198. The summed E-state index contributed by atoms with van der Waals surface area (Å²) in [5, 5.41) is 1.69. The monoisotopic (exact) mass is 594 g/mol. The quantitative estimate of drug-likeness (QED) is 0.173. The summed E-state index contributed by atoms with van der Waals surface area (Å²) in [7, 11) is 0. The molecule has 1 heterocycles. The Morgan fingerprint density at radius 2 is 1.73 bits per heavy atom. The van der Waals surface area contributed by atoms with E-state index in [9.17, 15) is 4.79 Å². The number of benzene rings is 3. The Labute approximate surface area is 250 Å². The third kappa shape index (κ3) is 6.74. The molecular weight excluding hydrogens is 563 g/mol. The molecule has 3 aromatic rings. The highest BCUT2D eigenvalue weighted by atomic mass is 35.5. The molecule has 0 saturated carbocycles. The van der Waals surface area contributed by atoms with Gasteiger partial charge >= 0.3 is 0 Å². The van der Waals surface area contributed by atoms with Crippen LogP contribution in [0.4, 0.5) is 11.4 Å². The first kappa shape index (κ1) is 29.8. The summed E-state index contributed by atoms with van der Waals surface area (Å²) in [6, 6.07) is 15.0. The van der Waals surface area contributed by atoms with E-state index in [1.165, 1.54) is 11.8 Å². The summed E-state index contributed by atoms with van der Waals surface area (Å²) in [6.07, 6.45) is 5.17. The zero-order chi connectivity index (χ0) is 28.8. The number of halogens is 2. The molecule has 0 aromatic heterocycles. The van der Waals surface area contributed by atoms with Crippen molar-refractivity contribution < 1.29 is 14.3 Å². The molecule has 1 saturated heterocycles. The van der Waals surface area contributed by atoms with Crippen LogP contribution in [0.15, 0.2) is 71.1 Å². The van der Waals surface area contributed by atoms with E-state index in [1.54, 1.807) is 17.0 Å². The number of ether oxygens (including phenoxy) is 2. The lowest BCUT2D eigenvalue weighted by atomic mass is 10.0. The number of rotatable bonds is 10. The standard InChI is InChI=1S/C32H32Cl2N2O3S/c1-6-9-23-15-22(16-28(38-8-3)30(23)39-14-7-2)17-29-31(37)36(25-13-11-21(5)27(34)19-25)32(40-29)35-24-12-10-20(4)26(33)18-24/h6,10-13,15-19H,1,7-9,14H2,2-5H3/b29-17+,35-32?. The summed E-state index contributed by atoms with van der Waals surface area (Å²) < 4.78 is 12.0. The maximum Gasteiger partial charge on any atom is 0.271 e. The van der Waals surface area contributed by atoms with Gasteiger partial charge in [0.1, 0.15) is 0 Å². The first-order valence-corrected chi connectivity index (χ1v) is 14.7. The first-order valence-electron chi connectivity index (χ1n) is 13.1. The van der Waals surface area contributed by atoms with Crippen molar-refractivity contribution in [2.75, 3.05) is 18.1 Å². The van der Waals surface area contributed by atoms with E-state index in [2.05, 4.69) is 13.5 Å². The van der Waals surface area contributed by atoms with Crippen molar-refractivity contribution in [2.45, 2.75) is 40.5 Å². The molecule has 1 aliphatic rings. The fourth-order valence-electron chi connectivity index (χ4n) is 4.12. The molecule has 0 N–H and O–H groups in total. The molecule has 1 aliphatic heterocycles. The number of carbonyl (C=O) groups is 1. The fraction of sp³-hybridized carbons (Fsp3) is 0.250. The second-order valence-electron chi connectivity index (χ2n) is 9.29. The van der Waals surface area contributed by atoms with Crippen molar-refractivity contribution >= 4 is 63.5 Å². The maximum atomic E-state index is 13.9. The lowest BCUT2D eigenvalue weighted by Crippen LogP contribution is -2.28. The van der Waals surface area contributed by atoms with Crippen LogP contribution in [-0.2, 0) is 11.2 Å². The molecule has 1 amide bonds. The van der Waals surface area contributed by atoms with E-state index < -0.39 is 0 Å². The summed E-state index contributed by atoms with van der Waals surface area (Å²) in [4.78, 5) is 20.8. The molecule has 0 bridgehead atoms. The van der Waals surface area contributed by atoms with Gasteiger partial charge in [0.25, 0.3) is 5.91 Å². The van der Waals surface area contributed by atoms with Crippen LogP contribution < -0.4 is 14.4 Å². The van der Waals surface area contributed by atoms with Gasteiger partial charge in [-0.15, -0.1) is 6.58 Å². The molecule has 3 aromatic carbocycles. The first-order chi connectivity index (χ1) is 19.2. The van der Waals surface area contributed by atoms with E-state index >= 15 is 0 Å². The van der Waals surface area contributed by atoms with Crippen LogP contribution in [0, 0.1) is 13.8 Å². The molecule has 5 nitrogen and oxygen atoms in total. The number of carbonyl (C=O) groups excluding carboxylic acids is 1. The lowest BCUT2D eigenvalue weighted by Gasteiger charge is -2.17. The van der Waals surface area contributed by atoms with Gasteiger partial charge in [-0.2, -0.15) is 0 Å². The number of aliphatic imine (C=N–C) groups is 1. The average molecular weight is 596 g/mol. The summed E-state index contributed by atoms with van der Waals surface area (Å²) in [5.74, 6) is 1.16. The predicted octanol–water partition coefficient (Wildman–Crippen LogP) is 9.33. The molecular formula is C32H32Cl2N2O3S. The molecule has 0 radical (unpaired) electrons. The smallest absolute Gasteiger partial charge is 0.271 e. The van der Waals surface area contributed by atoms with E-state index in [4.69, 9.17) is 37.7 Å². The van der Waals surface area contributed by atoms with Crippen molar-refractivity contribution in [1.29, 1.82) is 0 Å². The third-order valence-corrected chi connectivity index (χ3v) is 7.95. The highest BCUT2D eigenvalue weighted by Gasteiger charge is 2.35. The van der Waals surface area contributed by atoms with Crippen LogP contribution in [0.2, 0.25) is 10.0 Å². The number of aryl methyl sites for hydroxylation is 2. The van der Waals surface area contributed by atoms with Gasteiger partial charge in [0.05, 0.1) is 29.5 Å². The average Bonchev–Trinajstić information content (AvgIpc) is 3.21. The number of hydrogen-bond donors (Lipinski definition) is 0. The van der Waals surface area contributed by atoms with Gasteiger partial charge in [-0.3, -0.25) is 9.69 Å². The van der Waals surface area contributed by atoms with Crippen molar-refractivity contribution in [3.63, 3.8) is 0 Å². The maximum absolute atomic E-state index is 13.9. The van der Waals surface area contributed by atoms with Crippen LogP contribution in [0.3, 0.4) is 0 Å². The number of hydrogen-bond acceptors (Lipinski definition) is 5. The van der Waals surface area contributed by atoms with Crippen molar-refractivity contribution in [3.8, 4) is 11.5 Å². The summed E-state index contributed by atoms with van der Waals surface area (Å²) in [6.45, 7) is 12.8. The van der Waals surface area contributed by atoms with Gasteiger partial charge in [-0.1, -0.05) is 48.3 Å². The number of amidine groups is 1. The molecule has 4 rings (SSSR count). The Morgan fingerprint density at radius 1 is 1.00 bits per heavy atom. The number of thioether (sulfide) groups is 1. The predicted molar refractivity (Wildman–Crippen MR) is 170 cm³/mol. The summed E-state index contributed by atoms with van der Waals surface area (Å²) in [5.41, 5.74) is 4.94. The minimum atomic E-state index is -0.198. The molecule has 40 heavy (non-hydrogen) atoms. The number of anilines is 1. The van der Waals surface area contributed by atoms with Crippen LogP contribution in [0.5, 0.6) is 11.5 Å². The Balaban J connectivity index is 1.82. The molecule has 0 atom stereocenters. The molecule has 0 unspecified atom stereocenters. The van der Waals surface area contributed by atoms with E-state index in [-0.39, 0.29) is 5.91 Å². The molecule has 1 fully saturated rings. The molecule has 0 aliphatic carbocycles. The van der Waals surface area contributed by atoms with Gasteiger partial charge in [0.2, 0.25) is 0 Å². The Bertz CT molecular complexity index is 1500. The third-order valence-electron chi connectivity index (χ3n) is 6.17. The SMILES string of the molecule is C=CCc1cc(/C=C2/SC(=Nc3ccc(C)c(Cl)c3)N(c3ccc(C)c(Cl)c3)C2=O)cc(OCC)c1OCCC. The number of amides is 1.